The summed E-state index contributed by atoms with van der Waals surface area (Å²) in [6.07, 6.45) is 2.87. The highest BCUT2D eigenvalue weighted by Crippen LogP contribution is 2.49. The quantitative estimate of drug-likeness (QED) is 0.741. The van der Waals surface area contributed by atoms with Gasteiger partial charge in [-0.3, -0.25) is 19.3 Å². The third-order valence-electron chi connectivity index (χ3n) is 5.65. The molecule has 3 rings (SSSR count). The average molecular weight is 373 g/mol. The third-order valence-corrected chi connectivity index (χ3v) is 5.65. The van der Waals surface area contributed by atoms with E-state index < -0.39 is 5.41 Å². The first-order valence-electron chi connectivity index (χ1n) is 9.47. The van der Waals surface area contributed by atoms with Crippen LogP contribution >= 0.6 is 0 Å². The molecule has 1 heterocycles. The van der Waals surface area contributed by atoms with Gasteiger partial charge < -0.3 is 15.4 Å². The van der Waals surface area contributed by atoms with Gasteiger partial charge in [0.25, 0.3) is 5.91 Å². The van der Waals surface area contributed by atoms with Crippen molar-refractivity contribution in [1.29, 1.82) is 0 Å². The molecular formula is C20H27N3O4. The van der Waals surface area contributed by atoms with Crippen LogP contribution in [0.5, 0.6) is 0 Å². The van der Waals surface area contributed by atoms with E-state index in [9.17, 15) is 14.4 Å². The number of nitrogens with zero attached hydrogens (tertiary/aromatic N) is 1. The van der Waals surface area contributed by atoms with Crippen LogP contribution in [0.25, 0.3) is 0 Å². The number of benzene rings is 1. The molecule has 0 unspecified atom stereocenters. The van der Waals surface area contributed by atoms with Gasteiger partial charge in [0.2, 0.25) is 5.91 Å². The van der Waals surface area contributed by atoms with Crippen molar-refractivity contribution >= 4 is 23.5 Å². The van der Waals surface area contributed by atoms with Crippen LogP contribution in [-0.4, -0.2) is 56.0 Å². The second-order valence-electron chi connectivity index (χ2n) is 7.39. The minimum absolute atomic E-state index is 0.150. The molecule has 0 spiro atoms. The Morgan fingerprint density at radius 2 is 2.15 bits per heavy atom. The van der Waals surface area contributed by atoms with E-state index in [1.807, 2.05) is 11.8 Å². The van der Waals surface area contributed by atoms with Crippen LogP contribution in [-0.2, 0) is 14.3 Å². The predicted octanol–water partition coefficient (Wildman–Crippen LogP) is 1.65. The minimum atomic E-state index is -0.451. The number of hydrogen-bond acceptors (Lipinski definition) is 5. The van der Waals surface area contributed by atoms with Crippen molar-refractivity contribution in [2.24, 2.45) is 11.3 Å². The van der Waals surface area contributed by atoms with Crippen LogP contribution in [0.4, 0.5) is 5.69 Å². The zero-order valence-corrected chi connectivity index (χ0v) is 15.9. The highest BCUT2D eigenvalue weighted by atomic mass is 16.5. The monoisotopic (exact) mass is 373 g/mol. The van der Waals surface area contributed by atoms with Gasteiger partial charge in [0.15, 0.2) is 0 Å². The Morgan fingerprint density at radius 3 is 2.89 bits per heavy atom. The van der Waals surface area contributed by atoms with Gasteiger partial charge in [-0.05, 0) is 43.9 Å². The Kier molecular flexibility index (Phi) is 5.79. The lowest BCUT2D eigenvalue weighted by atomic mass is 9.81. The third kappa shape index (κ3) is 3.98. The number of methoxy groups -OCH3 is 1. The fraction of sp³-hybridized carbons (Fsp3) is 0.550. The van der Waals surface area contributed by atoms with Gasteiger partial charge in [-0.15, -0.1) is 0 Å². The Balaban J connectivity index is 1.60. The Hall–Kier alpha value is -2.41. The number of fused-ring (bicyclic) bond motifs is 1. The van der Waals surface area contributed by atoms with Crippen LogP contribution in [0.3, 0.4) is 0 Å². The number of hydrogen-bond donors (Lipinski definition) is 2. The predicted molar refractivity (Wildman–Crippen MR) is 101 cm³/mol. The highest BCUT2D eigenvalue weighted by Gasteiger charge is 2.55. The summed E-state index contributed by atoms with van der Waals surface area (Å²) in [6.45, 7) is 3.93. The molecule has 1 saturated carbocycles. The Labute approximate surface area is 159 Å². The van der Waals surface area contributed by atoms with Crippen molar-refractivity contribution in [2.75, 3.05) is 38.6 Å². The molecule has 2 atom stereocenters. The topological polar surface area (TPSA) is 87.7 Å². The maximum atomic E-state index is 12.5. The van der Waals surface area contributed by atoms with Gasteiger partial charge in [-0.2, -0.15) is 0 Å². The van der Waals surface area contributed by atoms with Gasteiger partial charge in [0.05, 0.1) is 19.1 Å². The molecule has 1 aliphatic carbocycles. The van der Waals surface area contributed by atoms with Crippen LogP contribution in [0.1, 0.15) is 36.5 Å². The molecule has 1 aliphatic heterocycles. The second-order valence-corrected chi connectivity index (χ2v) is 7.39. The van der Waals surface area contributed by atoms with E-state index in [1.54, 1.807) is 24.3 Å². The van der Waals surface area contributed by atoms with E-state index >= 15 is 0 Å². The van der Waals surface area contributed by atoms with Crippen LogP contribution < -0.4 is 10.6 Å². The van der Waals surface area contributed by atoms with Crippen molar-refractivity contribution in [2.45, 2.75) is 26.2 Å². The van der Waals surface area contributed by atoms with Crippen molar-refractivity contribution < 1.29 is 19.1 Å². The number of nitrogens with one attached hydrogen (secondary N) is 2. The number of esters is 1. The molecule has 1 aromatic rings. The summed E-state index contributed by atoms with van der Waals surface area (Å²) in [4.78, 5) is 38.7. The number of carbonyl (C=O) groups excluding carboxylic acids is 3. The number of rotatable bonds is 6. The highest BCUT2D eigenvalue weighted by molar-refractivity contribution is 5.97. The van der Waals surface area contributed by atoms with Gasteiger partial charge >= 0.3 is 5.97 Å². The summed E-state index contributed by atoms with van der Waals surface area (Å²) in [5.74, 6) is -0.203. The summed E-state index contributed by atoms with van der Waals surface area (Å²) < 4.78 is 5.04. The Bertz CT molecular complexity index is 736. The number of amides is 2. The first-order chi connectivity index (χ1) is 13.0. The lowest BCUT2D eigenvalue weighted by molar-refractivity contribution is -0.153. The van der Waals surface area contributed by atoms with E-state index in [4.69, 9.17) is 4.74 Å². The van der Waals surface area contributed by atoms with E-state index in [-0.39, 0.29) is 30.2 Å². The zero-order valence-electron chi connectivity index (χ0n) is 15.9. The maximum Gasteiger partial charge on any atom is 0.313 e. The number of anilines is 1. The fourth-order valence-electron chi connectivity index (χ4n) is 4.46. The number of ether oxygens (including phenoxy) is 1. The molecular weight excluding hydrogens is 346 g/mol. The van der Waals surface area contributed by atoms with Gasteiger partial charge in [0, 0.05) is 30.9 Å². The molecule has 146 valence electrons. The molecule has 7 heteroatoms. The van der Waals surface area contributed by atoms with Crippen LogP contribution in [0.15, 0.2) is 24.3 Å². The molecule has 0 aromatic heterocycles. The number of carbonyl (C=O) groups is 3. The van der Waals surface area contributed by atoms with E-state index in [0.717, 1.165) is 25.8 Å². The molecule has 1 aromatic carbocycles. The molecule has 2 fully saturated rings. The summed E-state index contributed by atoms with van der Waals surface area (Å²) >= 11 is 0. The Morgan fingerprint density at radius 1 is 1.33 bits per heavy atom. The molecule has 7 nitrogen and oxygen atoms in total. The van der Waals surface area contributed by atoms with E-state index in [1.165, 1.54) is 7.11 Å². The number of likely N-dealkylation sites (tertiary alicyclic amines) is 1. The molecule has 2 amide bonds. The largest absolute Gasteiger partial charge is 0.469 e. The van der Waals surface area contributed by atoms with Crippen LogP contribution in [0, 0.1) is 11.3 Å². The average Bonchev–Trinajstić information content (AvgIpc) is 3.19. The van der Waals surface area contributed by atoms with Crippen molar-refractivity contribution in [3.8, 4) is 0 Å². The normalized spacial score (nSPS) is 24.3. The standard InChI is InChI=1S/C20H27N3O4/c1-3-21-18(25)14-6-4-8-16(10-14)22-17(24)12-23-11-15-7-5-9-20(15,13-23)19(26)27-2/h4,6,8,10,15H,3,5,7,9,11-13H2,1-2H3,(H,21,25)(H,22,24)/t15-,20+/m1/s1. The van der Waals surface area contributed by atoms with Crippen molar-refractivity contribution in [3.63, 3.8) is 0 Å². The molecule has 2 N–H and O–H groups in total. The minimum Gasteiger partial charge on any atom is -0.469 e. The first-order valence-corrected chi connectivity index (χ1v) is 9.47. The first kappa shape index (κ1) is 19.4. The van der Waals surface area contributed by atoms with E-state index in [2.05, 4.69) is 10.6 Å². The summed E-state index contributed by atoms with van der Waals surface area (Å²) in [5.41, 5.74) is 0.647. The molecule has 27 heavy (non-hydrogen) atoms. The summed E-state index contributed by atoms with van der Waals surface area (Å²) in [5, 5.41) is 5.59. The van der Waals surface area contributed by atoms with Crippen molar-refractivity contribution in [3.05, 3.63) is 29.8 Å². The molecule has 0 bridgehead atoms. The summed E-state index contributed by atoms with van der Waals surface area (Å²) in [6, 6.07) is 6.88. The van der Waals surface area contributed by atoms with Crippen LogP contribution in [0.2, 0.25) is 0 Å². The second kappa shape index (κ2) is 8.08. The van der Waals surface area contributed by atoms with Gasteiger partial charge in [-0.1, -0.05) is 12.5 Å². The smallest absolute Gasteiger partial charge is 0.313 e. The lowest BCUT2D eigenvalue weighted by Gasteiger charge is -2.25. The SMILES string of the molecule is CCNC(=O)c1cccc(NC(=O)CN2C[C@H]3CCC[C@]3(C(=O)OC)C2)c1. The van der Waals surface area contributed by atoms with Gasteiger partial charge in [-0.25, -0.2) is 0 Å². The van der Waals surface area contributed by atoms with Crippen molar-refractivity contribution in [1.82, 2.24) is 10.2 Å². The van der Waals surface area contributed by atoms with E-state index in [0.29, 0.717) is 24.3 Å². The molecule has 0 radical (unpaired) electrons. The molecule has 1 saturated heterocycles. The van der Waals surface area contributed by atoms with Gasteiger partial charge in [0.1, 0.15) is 0 Å². The fourth-order valence-corrected chi connectivity index (χ4v) is 4.46. The lowest BCUT2D eigenvalue weighted by Crippen LogP contribution is -2.38. The maximum absolute atomic E-state index is 12.5. The summed E-state index contributed by atoms with van der Waals surface area (Å²) in [7, 11) is 1.43. The molecule has 2 aliphatic rings. The zero-order chi connectivity index (χ0) is 19.4.